The average molecular weight is 834 g/mol. The number of rotatable bonds is 7. The van der Waals surface area contributed by atoms with E-state index in [9.17, 15) is 0 Å². The molecule has 0 aliphatic heterocycles. The number of nitrogens with zero attached hydrogens (tertiary/aromatic N) is 1. The molecule has 0 bridgehead atoms. The van der Waals surface area contributed by atoms with Gasteiger partial charge in [-0.25, -0.2) is 0 Å². The first kappa shape index (κ1) is 36.7. The average Bonchev–Trinajstić information content (AvgIpc) is 4.03. The molecule has 1 aliphatic rings. The van der Waals surface area contributed by atoms with E-state index in [4.69, 9.17) is 4.42 Å². The normalized spacial score (nSPS) is 12.8. The topological polar surface area (TPSA) is 16.4 Å². The number of para-hydroxylation sites is 1. The monoisotopic (exact) mass is 833 g/mol. The summed E-state index contributed by atoms with van der Waals surface area (Å²) in [6.07, 6.45) is 0. The smallest absolute Gasteiger partial charge is 0.135 e. The van der Waals surface area contributed by atoms with E-state index in [-0.39, 0.29) is 0 Å². The summed E-state index contributed by atoms with van der Waals surface area (Å²) in [5.41, 5.74) is 17.0. The fraction of sp³-hybridized carbons (Fsp3) is 0.0164. The second-order valence-corrected chi connectivity index (χ2v) is 17.8. The molecule has 64 heavy (non-hydrogen) atoms. The van der Waals surface area contributed by atoms with E-state index in [0.29, 0.717) is 0 Å². The summed E-state index contributed by atoms with van der Waals surface area (Å²) in [4.78, 5) is 2.41. The minimum Gasteiger partial charge on any atom is -0.456 e. The quantitative estimate of drug-likeness (QED) is 0.159. The summed E-state index contributed by atoms with van der Waals surface area (Å²) in [6, 6.07) is 86.6. The van der Waals surface area contributed by atoms with Gasteiger partial charge in [0.15, 0.2) is 0 Å². The Kier molecular flexibility index (Phi) is 8.34. The van der Waals surface area contributed by atoms with E-state index in [1.165, 1.54) is 64.7 Å². The van der Waals surface area contributed by atoms with Crippen LogP contribution in [0.15, 0.2) is 241 Å². The molecule has 0 fully saturated rings. The van der Waals surface area contributed by atoms with Crippen LogP contribution in [0.3, 0.4) is 0 Å². The van der Waals surface area contributed by atoms with E-state index in [2.05, 4.69) is 229 Å². The van der Waals surface area contributed by atoms with Crippen molar-refractivity contribution in [1.82, 2.24) is 0 Å². The van der Waals surface area contributed by atoms with Crippen LogP contribution in [0.2, 0.25) is 0 Å². The van der Waals surface area contributed by atoms with Gasteiger partial charge < -0.3 is 9.32 Å². The first-order chi connectivity index (χ1) is 31.7. The molecule has 2 nitrogen and oxygen atoms in total. The summed E-state index contributed by atoms with van der Waals surface area (Å²) in [5.74, 6) is 0. The number of hydrogen-bond donors (Lipinski definition) is 0. The summed E-state index contributed by atoms with van der Waals surface area (Å²) in [6.45, 7) is 0. The Hall–Kier alpha value is -7.98. The third-order valence-corrected chi connectivity index (χ3v) is 14.6. The first-order valence-electron chi connectivity index (χ1n) is 21.9. The third-order valence-electron chi connectivity index (χ3n) is 13.4. The Bertz CT molecular complexity index is 3670. The number of furan rings is 1. The molecule has 0 atom stereocenters. The van der Waals surface area contributed by atoms with Gasteiger partial charge in [0.2, 0.25) is 0 Å². The van der Waals surface area contributed by atoms with Crippen molar-refractivity contribution in [3.8, 4) is 33.4 Å². The molecule has 2 aromatic heterocycles. The summed E-state index contributed by atoms with van der Waals surface area (Å²) in [7, 11) is 0. The van der Waals surface area contributed by atoms with Gasteiger partial charge >= 0.3 is 0 Å². The molecule has 13 rings (SSSR count). The van der Waals surface area contributed by atoms with Crippen LogP contribution in [0.25, 0.3) is 75.5 Å². The molecule has 3 heteroatoms. The van der Waals surface area contributed by atoms with Gasteiger partial charge in [0, 0.05) is 48.0 Å². The van der Waals surface area contributed by atoms with Crippen molar-refractivity contribution in [3.05, 3.63) is 259 Å². The molecule has 300 valence electrons. The fourth-order valence-electron chi connectivity index (χ4n) is 10.5. The molecule has 0 saturated carbocycles. The van der Waals surface area contributed by atoms with E-state index in [1.807, 2.05) is 23.5 Å². The summed E-state index contributed by atoms with van der Waals surface area (Å²) in [5, 5.41) is 4.89. The number of thiophene rings is 1. The molecule has 0 N–H and O–H groups in total. The maximum absolute atomic E-state index is 6.17. The van der Waals surface area contributed by atoms with Crippen molar-refractivity contribution in [2.75, 3.05) is 4.90 Å². The van der Waals surface area contributed by atoms with E-state index < -0.39 is 5.41 Å². The number of fused-ring (bicyclic) bond motifs is 9. The lowest BCUT2D eigenvalue weighted by atomic mass is 9.68. The Labute approximate surface area is 375 Å². The number of benzene rings is 10. The number of anilines is 3. The highest BCUT2D eigenvalue weighted by molar-refractivity contribution is 7.26. The van der Waals surface area contributed by atoms with Crippen LogP contribution >= 0.6 is 11.3 Å². The maximum atomic E-state index is 6.17. The highest BCUT2D eigenvalue weighted by Gasteiger charge is 2.46. The maximum Gasteiger partial charge on any atom is 0.135 e. The van der Waals surface area contributed by atoms with Gasteiger partial charge in [-0.15, -0.1) is 11.3 Å². The van der Waals surface area contributed by atoms with Crippen molar-refractivity contribution in [2.45, 2.75) is 5.41 Å². The Balaban J connectivity index is 0.969. The lowest BCUT2D eigenvalue weighted by Crippen LogP contribution is -2.28. The van der Waals surface area contributed by atoms with Crippen LogP contribution in [0.5, 0.6) is 0 Å². The lowest BCUT2D eigenvalue weighted by molar-refractivity contribution is 0.669. The zero-order valence-electron chi connectivity index (χ0n) is 34.8. The minimum atomic E-state index is -0.462. The van der Waals surface area contributed by atoms with Crippen molar-refractivity contribution in [3.63, 3.8) is 0 Å². The van der Waals surface area contributed by atoms with Crippen molar-refractivity contribution in [1.29, 1.82) is 0 Å². The van der Waals surface area contributed by atoms with Crippen molar-refractivity contribution in [2.24, 2.45) is 0 Å². The molecule has 0 spiro atoms. The molecule has 0 unspecified atom stereocenters. The molecule has 0 radical (unpaired) electrons. The fourth-order valence-corrected chi connectivity index (χ4v) is 11.7. The van der Waals surface area contributed by atoms with Crippen molar-refractivity contribution >= 4 is 70.5 Å². The second-order valence-electron chi connectivity index (χ2n) is 16.8. The van der Waals surface area contributed by atoms with Crippen LogP contribution < -0.4 is 4.90 Å². The summed E-state index contributed by atoms with van der Waals surface area (Å²) < 4.78 is 8.81. The predicted octanol–water partition coefficient (Wildman–Crippen LogP) is 17.1. The predicted molar refractivity (Wildman–Crippen MR) is 269 cm³/mol. The highest BCUT2D eigenvalue weighted by Crippen LogP contribution is 2.57. The van der Waals surface area contributed by atoms with E-state index in [0.717, 1.165) is 50.1 Å². The second kappa shape index (κ2) is 14.6. The zero-order valence-corrected chi connectivity index (χ0v) is 35.6. The lowest BCUT2D eigenvalue weighted by Gasteiger charge is -2.34. The molecule has 2 heterocycles. The Morgan fingerprint density at radius 3 is 1.67 bits per heavy atom. The van der Waals surface area contributed by atoms with Gasteiger partial charge in [0.05, 0.1) is 5.41 Å². The minimum absolute atomic E-state index is 0.462. The third kappa shape index (κ3) is 5.58. The van der Waals surface area contributed by atoms with Gasteiger partial charge in [0.1, 0.15) is 11.2 Å². The number of hydrogen-bond acceptors (Lipinski definition) is 3. The molecule has 1 aliphatic carbocycles. The molecule has 10 aromatic carbocycles. The molecule has 0 amide bonds. The molecule has 12 aromatic rings. The Morgan fingerprint density at radius 1 is 0.344 bits per heavy atom. The molecular formula is C61H39NOS. The van der Waals surface area contributed by atoms with Gasteiger partial charge in [-0.3, -0.25) is 0 Å². The van der Waals surface area contributed by atoms with Gasteiger partial charge in [-0.2, -0.15) is 0 Å². The van der Waals surface area contributed by atoms with Gasteiger partial charge in [-0.1, -0.05) is 176 Å². The van der Waals surface area contributed by atoms with Crippen LogP contribution in [0, 0.1) is 0 Å². The standard InChI is InChI=1S/C61H39NOS/c1-3-14-43(15-4-1)61(44-16-5-2-6-17-44)55-23-10-7-18-49(55)53-39-47(35-36-56(53)61)62(45-31-26-40(27-32-45)42-30-37-58-54(38-42)50-19-8-11-24-57(50)63-58)46-33-28-41(29-34-46)48-21-13-22-52-51-20-9-12-25-59(51)64-60(48)52/h1-39H. The Morgan fingerprint density at radius 2 is 0.906 bits per heavy atom. The highest BCUT2D eigenvalue weighted by atomic mass is 32.1. The SMILES string of the molecule is c1ccc(C2(c3ccccc3)c3ccccc3-c3cc(N(c4ccc(-c5ccc6oc7ccccc7c6c5)cc4)c4ccc(-c5cccc6c5sc5ccccc56)cc4)ccc32)cc1. The van der Waals surface area contributed by atoms with Gasteiger partial charge in [0.25, 0.3) is 0 Å². The first-order valence-corrected chi connectivity index (χ1v) is 22.7. The van der Waals surface area contributed by atoms with Crippen LogP contribution in [-0.2, 0) is 5.41 Å². The van der Waals surface area contributed by atoms with E-state index >= 15 is 0 Å². The molecule has 0 saturated heterocycles. The zero-order chi connectivity index (χ0) is 42.2. The van der Waals surface area contributed by atoms with Gasteiger partial charge in [-0.05, 0) is 116 Å². The largest absolute Gasteiger partial charge is 0.456 e. The van der Waals surface area contributed by atoms with Crippen LogP contribution in [-0.4, -0.2) is 0 Å². The van der Waals surface area contributed by atoms with Crippen LogP contribution in [0.1, 0.15) is 22.3 Å². The van der Waals surface area contributed by atoms with E-state index in [1.54, 1.807) is 0 Å². The molecular weight excluding hydrogens is 795 g/mol. The summed E-state index contributed by atoms with van der Waals surface area (Å²) >= 11 is 1.87. The van der Waals surface area contributed by atoms with Crippen molar-refractivity contribution < 1.29 is 4.42 Å². The van der Waals surface area contributed by atoms with Crippen LogP contribution in [0.4, 0.5) is 17.1 Å².